The van der Waals surface area contributed by atoms with Crippen LogP contribution in [0.5, 0.6) is 0 Å². The van der Waals surface area contributed by atoms with Gasteiger partial charge in [-0.3, -0.25) is 9.59 Å². The second kappa shape index (κ2) is 8.46. The minimum absolute atomic E-state index is 0.0508. The number of nitrogens with one attached hydrogen (secondary N) is 2. The fourth-order valence-electron chi connectivity index (χ4n) is 2.37. The molecule has 0 radical (unpaired) electrons. The Labute approximate surface area is 154 Å². The predicted octanol–water partition coefficient (Wildman–Crippen LogP) is 2.47. The fourth-order valence-corrected chi connectivity index (χ4v) is 3.04. The van der Waals surface area contributed by atoms with Crippen LogP contribution in [0.1, 0.15) is 17.4 Å². The first-order chi connectivity index (χ1) is 12.6. The normalized spacial score (nSPS) is 11.7. The van der Waals surface area contributed by atoms with Crippen molar-refractivity contribution in [1.29, 1.82) is 0 Å². The summed E-state index contributed by atoms with van der Waals surface area (Å²) in [5.41, 5.74) is 2.85. The maximum Gasteiger partial charge on any atom is 0.309 e. The summed E-state index contributed by atoms with van der Waals surface area (Å²) in [4.78, 5) is 23.5. The molecule has 2 heterocycles. The van der Waals surface area contributed by atoms with E-state index in [1.165, 1.54) is 6.26 Å². The lowest BCUT2D eigenvalue weighted by molar-refractivity contribution is -0.139. The highest BCUT2D eigenvalue weighted by molar-refractivity contribution is 7.08. The Hall–Kier alpha value is -2.90. The number of carbonyl (C=O) groups excluding carboxylic acids is 2. The number of carbonyl (C=O) groups is 2. The van der Waals surface area contributed by atoms with Crippen LogP contribution < -0.4 is 10.6 Å². The number of benzene rings is 1. The van der Waals surface area contributed by atoms with Crippen molar-refractivity contribution in [3.05, 3.63) is 70.8 Å². The minimum Gasteiger partial charge on any atom is -0.467 e. The van der Waals surface area contributed by atoms with Gasteiger partial charge in [-0.15, -0.1) is 0 Å². The molecule has 6 nitrogen and oxygen atoms in total. The first-order valence-corrected chi connectivity index (χ1v) is 8.97. The standard InChI is InChI=1S/C19H18N2O4S/c22-17(14-5-3-13(4-6-14)15-7-9-26-12-15)11-21-19(24)18(23)20-10-16-2-1-8-25-16/h1-9,12,17,22H,10-11H2,(H,20,23)(H,21,24)/t17-/m1/s1. The summed E-state index contributed by atoms with van der Waals surface area (Å²) in [5, 5.41) is 19.1. The Morgan fingerprint density at radius 2 is 1.81 bits per heavy atom. The van der Waals surface area contributed by atoms with Crippen molar-refractivity contribution in [1.82, 2.24) is 10.6 Å². The Morgan fingerprint density at radius 3 is 2.46 bits per heavy atom. The highest BCUT2D eigenvalue weighted by atomic mass is 32.1. The van der Waals surface area contributed by atoms with E-state index in [2.05, 4.69) is 10.6 Å². The summed E-state index contributed by atoms with van der Waals surface area (Å²) in [6.45, 7) is 0.0800. The van der Waals surface area contributed by atoms with Crippen molar-refractivity contribution < 1.29 is 19.1 Å². The van der Waals surface area contributed by atoms with Crippen molar-refractivity contribution in [2.75, 3.05) is 6.54 Å². The Morgan fingerprint density at radius 1 is 1.04 bits per heavy atom. The third-order valence-electron chi connectivity index (χ3n) is 3.82. The smallest absolute Gasteiger partial charge is 0.309 e. The van der Waals surface area contributed by atoms with E-state index in [4.69, 9.17) is 4.42 Å². The van der Waals surface area contributed by atoms with Crippen molar-refractivity contribution in [2.24, 2.45) is 0 Å². The Balaban J connectivity index is 1.47. The Kier molecular flexibility index (Phi) is 5.83. The number of aliphatic hydroxyl groups excluding tert-OH is 1. The molecule has 0 fully saturated rings. The lowest BCUT2D eigenvalue weighted by Crippen LogP contribution is -2.41. The zero-order chi connectivity index (χ0) is 18.4. The van der Waals surface area contributed by atoms with Crippen LogP contribution in [0.2, 0.25) is 0 Å². The van der Waals surface area contributed by atoms with E-state index in [-0.39, 0.29) is 13.1 Å². The molecule has 134 valence electrons. The van der Waals surface area contributed by atoms with Gasteiger partial charge in [0.05, 0.1) is 18.9 Å². The average molecular weight is 370 g/mol. The SMILES string of the molecule is O=C(NCc1ccco1)C(=O)NC[C@@H](O)c1ccc(-c2ccsc2)cc1. The van der Waals surface area contributed by atoms with Gasteiger partial charge in [0.1, 0.15) is 5.76 Å². The highest BCUT2D eigenvalue weighted by Gasteiger charge is 2.16. The maximum atomic E-state index is 11.8. The molecule has 0 saturated carbocycles. The Bertz CT molecular complexity index is 842. The summed E-state index contributed by atoms with van der Waals surface area (Å²) < 4.78 is 5.07. The zero-order valence-electron chi connectivity index (χ0n) is 13.8. The molecule has 0 aliphatic carbocycles. The van der Waals surface area contributed by atoms with Gasteiger partial charge in [-0.2, -0.15) is 11.3 Å². The molecule has 0 saturated heterocycles. The fraction of sp³-hybridized carbons (Fsp3) is 0.158. The van der Waals surface area contributed by atoms with Gasteiger partial charge < -0.3 is 20.2 Å². The van der Waals surface area contributed by atoms with Gasteiger partial charge in [-0.05, 0) is 45.6 Å². The van der Waals surface area contributed by atoms with E-state index in [1.807, 2.05) is 29.0 Å². The molecule has 2 amide bonds. The van der Waals surface area contributed by atoms with Crippen LogP contribution in [-0.4, -0.2) is 23.5 Å². The molecule has 1 aromatic carbocycles. The first-order valence-electron chi connectivity index (χ1n) is 8.02. The van der Waals surface area contributed by atoms with Crippen molar-refractivity contribution in [3.63, 3.8) is 0 Å². The lowest BCUT2D eigenvalue weighted by Gasteiger charge is -2.12. The number of amides is 2. The number of furan rings is 1. The van der Waals surface area contributed by atoms with E-state index in [9.17, 15) is 14.7 Å². The zero-order valence-corrected chi connectivity index (χ0v) is 14.7. The second-order valence-corrected chi connectivity index (χ2v) is 6.40. The van der Waals surface area contributed by atoms with Gasteiger partial charge in [0.2, 0.25) is 0 Å². The van der Waals surface area contributed by atoms with Crippen molar-refractivity contribution in [2.45, 2.75) is 12.6 Å². The molecule has 2 aromatic heterocycles. The van der Waals surface area contributed by atoms with Gasteiger partial charge >= 0.3 is 11.8 Å². The quantitative estimate of drug-likeness (QED) is 0.581. The van der Waals surface area contributed by atoms with Gasteiger partial charge in [0.25, 0.3) is 0 Å². The van der Waals surface area contributed by atoms with E-state index in [0.29, 0.717) is 11.3 Å². The molecule has 0 bridgehead atoms. The summed E-state index contributed by atoms with van der Waals surface area (Å²) >= 11 is 1.62. The van der Waals surface area contributed by atoms with Crippen LogP contribution in [0.15, 0.2) is 63.9 Å². The molecule has 0 unspecified atom stereocenters. The van der Waals surface area contributed by atoms with E-state index in [1.54, 1.807) is 35.6 Å². The molecular formula is C19H18N2O4S. The van der Waals surface area contributed by atoms with Gasteiger partial charge in [0, 0.05) is 6.54 Å². The van der Waals surface area contributed by atoms with Crippen molar-refractivity contribution >= 4 is 23.2 Å². The molecule has 0 aliphatic heterocycles. The highest BCUT2D eigenvalue weighted by Crippen LogP contribution is 2.23. The van der Waals surface area contributed by atoms with Crippen LogP contribution in [0, 0.1) is 0 Å². The molecule has 1 atom stereocenters. The number of hydrogen-bond acceptors (Lipinski definition) is 5. The minimum atomic E-state index is -0.895. The number of thiophene rings is 1. The molecule has 3 aromatic rings. The summed E-state index contributed by atoms with van der Waals surface area (Å²) in [5.74, 6) is -1.02. The van der Waals surface area contributed by atoms with Crippen LogP contribution in [0.25, 0.3) is 11.1 Å². The molecular weight excluding hydrogens is 352 g/mol. The third-order valence-corrected chi connectivity index (χ3v) is 4.50. The van der Waals surface area contributed by atoms with E-state index >= 15 is 0 Å². The molecule has 0 aliphatic rings. The predicted molar refractivity (Wildman–Crippen MR) is 98.3 cm³/mol. The van der Waals surface area contributed by atoms with Gasteiger partial charge in [-0.25, -0.2) is 0 Å². The molecule has 26 heavy (non-hydrogen) atoms. The molecule has 3 N–H and O–H groups in total. The van der Waals surface area contributed by atoms with Crippen LogP contribution >= 0.6 is 11.3 Å². The van der Waals surface area contributed by atoms with Crippen LogP contribution in [0.4, 0.5) is 0 Å². The molecule has 7 heteroatoms. The largest absolute Gasteiger partial charge is 0.467 e. The number of aliphatic hydroxyl groups is 1. The topological polar surface area (TPSA) is 91.6 Å². The second-order valence-electron chi connectivity index (χ2n) is 5.62. The first kappa shape index (κ1) is 17.9. The van der Waals surface area contributed by atoms with E-state index in [0.717, 1.165) is 11.1 Å². The summed E-state index contributed by atoms with van der Waals surface area (Å²) in [6, 6.07) is 12.9. The summed E-state index contributed by atoms with van der Waals surface area (Å²) in [6.07, 6.45) is 0.593. The van der Waals surface area contributed by atoms with Gasteiger partial charge in [-0.1, -0.05) is 24.3 Å². The molecule has 3 rings (SSSR count). The van der Waals surface area contributed by atoms with E-state index < -0.39 is 17.9 Å². The lowest BCUT2D eigenvalue weighted by atomic mass is 10.0. The third kappa shape index (κ3) is 4.59. The number of rotatable bonds is 6. The van der Waals surface area contributed by atoms with Crippen LogP contribution in [-0.2, 0) is 16.1 Å². The monoisotopic (exact) mass is 370 g/mol. The van der Waals surface area contributed by atoms with Crippen molar-refractivity contribution in [3.8, 4) is 11.1 Å². The van der Waals surface area contributed by atoms with Gasteiger partial charge in [0.15, 0.2) is 0 Å². The average Bonchev–Trinajstić information content (AvgIpc) is 3.37. The number of hydrogen-bond donors (Lipinski definition) is 3. The molecule has 0 spiro atoms. The summed E-state index contributed by atoms with van der Waals surface area (Å²) in [7, 11) is 0. The maximum absolute atomic E-state index is 11.8. The van der Waals surface area contributed by atoms with Crippen LogP contribution in [0.3, 0.4) is 0 Å².